The smallest absolute Gasteiger partial charge is 0.490 e. The van der Waals surface area contributed by atoms with Gasteiger partial charge in [-0.05, 0) is 12.1 Å². The number of fused-ring (bicyclic) bond motifs is 1. The van der Waals surface area contributed by atoms with E-state index in [-0.39, 0.29) is 5.75 Å². The molecule has 19 heavy (non-hydrogen) atoms. The van der Waals surface area contributed by atoms with Crippen LogP contribution >= 0.6 is 0 Å². The highest BCUT2D eigenvalue weighted by molar-refractivity contribution is 5.77. The second kappa shape index (κ2) is 5.42. The van der Waals surface area contributed by atoms with Crippen LogP contribution in [0, 0.1) is 0 Å². The quantitative estimate of drug-likeness (QED) is 0.720. The van der Waals surface area contributed by atoms with Crippen molar-refractivity contribution in [3.8, 4) is 5.75 Å². The molecule has 8 heteroatoms. The van der Waals surface area contributed by atoms with Crippen LogP contribution in [0.1, 0.15) is 0 Å². The minimum absolute atomic E-state index is 0.353. The van der Waals surface area contributed by atoms with Gasteiger partial charge < -0.3 is 14.6 Å². The van der Waals surface area contributed by atoms with Crippen molar-refractivity contribution in [3.05, 3.63) is 40.8 Å². The fraction of sp³-hybridized carbons (Fsp3) is 0.0909. The predicted molar refractivity (Wildman–Crippen MR) is 57.8 cm³/mol. The molecule has 0 fully saturated rings. The molecule has 0 saturated carbocycles. The number of aromatic hydroxyl groups is 1. The Morgan fingerprint density at radius 2 is 1.74 bits per heavy atom. The van der Waals surface area contributed by atoms with Crippen molar-refractivity contribution in [1.29, 1.82) is 0 Å². The van der Waals surface area contributed by atoms with Crippen molar-refractivity contribution >= 4 is 16.9 Å². The summed E-state index contributed by atoms with van der Waals surface area (Å²) in [6, 6.07) is 8.40. The molecule has 5 nitrogen and oxygen atoms in total. The number of carboxylic acid groups (broad SMARTS) is 1. The maximum atomic E-state index is 10.8. The molecule has 1 aromatic heterocycles. The molecular weight excluding hydrogens is 269 g/mol. The van der Waals surface area contributed by atoms with Crippen LogP contribution in [0.25, 0.3) is 11.0 Å². The fourth-order valence-electron chi connectivity index (χ4n) is 1.05. The molecule has 0 aliphatic carbocycles. The number of hydrogen-bond acceptors (Lipinski definition) is 4. The molecule has 0 aliphatic heterocycles. The summed E-state index contributed by atoms with van der Waals surface area (Å²) in [5.41, 5.74) is -0.214. The van der Waals surface area contributed by atoms with Gasteiger partial charge in [-0.25, -0.2) is 9.59 Å². The van der Waals surface area contributed by atoms with Crippen molar-refractivity contribution in [1.82, 2.24) is 0 Å². The van der Waals surface area contributed by atoms with Gasteiger partial charge in [0.25, 0.3) is 0 Å². The average molecular weight is 276 g/mol. The maximum absolute atomic E-state index is 10.8. The molecule has 2 rings (SSSR count). The zero-order valence-corrected chi connectivity index (χ0v) is 9.14. The maximum Gasteiger partial charge on any atom is 0.490 e. The summed E-state index contributed by atoms with van der Waals surface area (Å²) < 4.78 is 36.5. The molecule has 1 aromatic carbocycles. The van der Waals surface area contributed by atoms with Gasteiger partial charge in [-0.1, -0.05) is 18.2 Å². The molecule has 0 spiro atoms. The predicted octanol–water partition coefficient (Wildman–Crippen LogP) is 2.13. The monoisotopic (exact) mass is 276 g/mol. The SMILES string of the molecule is O=C(O)C(F)(F)F.O=c1oc2ccccc2cc1O. The van der Waals surface area contributed by atoms with E-state index in [4.69, 9.17) is 19.4 Å². The summed E-state index contributed by atoms with van der Waals surface area (Å²) in [6.07, 6.45) is -5.08. The zero-order valence-electron chi connectivity index (χ0n) is 9.14. The lowest BCUT2D eigenvalue weighted by atomic mass is 10.2. The van der Waals surface area contributed by atoms with E-state index in [0.717, 1.165) is 5.39 Å². The van der Waals surface area contributed by atoms with E-state index in [1.807, 2.05) is 6.07 Å². The van der Waals surface area contributed by atoms with Gasteiger partial charge in [-0.15, -0.1) is 0 Å². The van der Waals surface area contributed by atoms with E-state index in [1.54, 1.807) is 18.2 Å². The summed E-state index contributed by atoms with van der Waals surface area (Å²) in [7, 11) is 0. The lowest BCUT2D eigenvalue weighted by molar-refractivity contribution is -0.192. The van der Waals surface area contributed by atoms with Gasteiger partial charge in [-0.2, -0.15) is 13.2 Å². The number of halogens is 3. The summed E-state index contributed by atoms with van der Waals surface area (Å²) >= 11 is 0. The van der Waals surface area contributed by atoms with Crippen LogP contribution in [0.2, 0.25) is 0 Å². The van der Waals surface area contributed by atoms with Crippen LogP contribution in [0.3, 0.4) is 0 Å². The summed E-state index contributed by atoms with van der Waals surface area (Å²) in [5, 5.41) is 16.9. The van der Waals surface area contributed by atoms with Crippen LogP contribution in [0.4, 0.5) is 13.2 Å². The van der Waals surface area contributed by atoms with E-state index in [9.17, 15) is 18.0 Å². The first kappa shape index (κ1) is 14.6. The third kappa shape index (κ3) is 4.02. The van der Waals surface area contributed by atoms with E-state index >= 15 is 0 Å². The Morgan fingerprint density at radius 3 is 2.26 bits per heavy atom. The summed E-state index contributed by atoms with van der Waals surface area (Å²) in [4.78, 5) is 19.7. The standard InChI is InChI=1S/C9H6O3.C2HF3O2/c10-7-5-6-3-1-2-4-8(6)12-9(7)11;3-2(4,5)1(6)7/h1-5,10H;(H,6,7). The number of carboxylic acids is 1. The molecule has 2 N–H and O–H groups in total. The van der Waals surface area contributed by atoms with Gasteiger partial charge in [0.2, 0.25) is 5.75 Å². The Labute approximate surface area is 103 Å². The Hall–Kier alpha value is -2.51. The van der Waals surface area contributed by atoms with E-state index < -0.39 is 17.8 Å². The minimum atomic E-state index is -5.08. The number of rotatable bonds is 0. The highest BCUT2D eigenvalue weighted by atomic mass is 19.4. The largest absolute Gasteiger partial charge is 0.502 e. The normalized spacial score (nSPS) is 10.7. The zero-order chi connectivity index (χ0) is 14.6. The number of carbonyl (C=O) groups is 1. The summed E-state index contributed by atoms with van der Waals surface area (Å²) in [5.74, 6) is -3.11. The Kier molecular flexibility index (Phi) is 4.15. The van der Waals surface area contributed by atoms with Crippen LogP contribution in [0.15, 0.2) is 39.5 Å². The fourth-order valence-corrected chi connectivity index (χ4v) is 1.05. The van der Waals surface area contributed by atoms with E-state index in [0.29, 0.717) is 5.58 Å². The first-order valence-corrected chi connectivity index (χ1v) is 4.74. The molecule has 102 valence electrons. The Bertz CT molecular complexity index is 645. The number of hydrogen-bond donors (Lipinski definition) is 2. The van der Waals surface area contributed by atoms with Crippen molar-refractivity contribution in [2.24, 2.45) is 0 Å². The number of aliphatic carboxylic acids is 1. The second-order valence-electron chi connectivity index (χ2n) is 3.26. The first-order valence-electron chi connectivity index (χ1n) is 4.74. The van der Waals surface area contributed by atoms with Gasteiger partial charge in [0.1, 0.15) is 5.58 Å². The Balaban J connectivity index is 0.000000224. The second-order valence-corrected chi connectivity index (χ2v) is 3.26. The van der Waals surface area contributed by atoms with E-state index in [1.165, 1.54) is 6.07 Å². The van der Waals surface area contributed by atoms with Crippen molar-refractivity contribution < 1.29 is 32.6 Å². The number of alkyl halides is 3. The molecule has 0 unspecified atom stereocenters. The molecule has 0 saturated heterocycles. The van der Waals surface area contributed by atoms with Crippen LogP contribution in [-0.2, 0) is 4.79 Å². The molecular formula is C11H7F3O5. The molecule has 2 aromatic rings. The van der Waals surface area contributed by atoms with Crippen molar-refractivity contribution in [2.75, 3.05) is 0 Å². The number of para-hydroxylation sites is 1. The number of benzene rings is 1. The van der Waals surface area contributed by atoms with Crippen molar-refractivity contribution in [2.45, 2.75) is 6.18 Å². The Morgan fingerprint density at radius 1 is 1.21 bits per heavy atom. The molecule has 0 bridgehead atoms. The lowest BCUT2D eigenvalue weighted by Gasteiger charge is -1.94. The van der Waals surface area contributed by atoms with Gasteiger partial charge in [-0.3, -0.25) is 0 Å². The van der Waals surface area contributed by atoms with Crippen molar-refractivity contribution in [3.63, 3.8) is 0 Å². The third-order valence-electron chi connectivity index (χ3n) is 1.87. The average Bonchev–Trinajstić information content (AvgIpc) is 2.30. The van der Waals surface area contributed by atoms with Gasteiger partial charge in [0.05, 0.1) is 0 Å². The molecule has 0 atom stereocenters. The van der Waals surface area contributed by atoms with Crippen LogP contribution in [0.5, 0.6) is 5.75 Å². The van der Waals surface area contributed by atoms with Gasteiger partial charge >= 0.3 is 17.8 Å². The topological polar surface area (TPSA) is 87.7 Å². The third-order valence-corrected chi connectivity index (χ3v) is 1.87. The lowest BCUT2D eigenvalue weighted by Crippen LogP contribution is -2.21. The molecule has 0 aliphatic rings. The molecule has 0 amide bonds. The molecule has 0 radical (unpaired) electrons. The van der Waals surface area contributed by atoms with Gasteiger partial charge in [0.15, 0.2) is 0 Å². The van der Waals surface area contributed by atoms with E-state index in [2.05, 4.69) is 0 Å². The first-order chi connectivity index (χ1) is 8.71. The highest BCUT2D eigenvalue weighted by Gasteiger charge is 2.38. The van der Waals surface area contributed by atoms with Crippen LogP contribution < -0.4 is 5.63 Å². The van der Waals surface area contributed by atoms with Gasteiger partial charge in [0, 0.05) is 5.39 Å². The molecule has 1 heterocycles. The van der Waals surface area contributed by atoms with Crippen LogP contribution in [-0.4, -0.2) is 22.4 Å². The minimum Gasteiger partial charge on any atom is -0.502 e. The highest BCUT2D eigenvalue weighted by Crippen LogP contribution is 2.14. The summed E-state index contributed by atoms with van der Waals surface area (Å²) in [6.45, 7) is 0.